The minimum atomic E-state index is -0.0206. The van der Waals surface area contributed by atoms with Crippen LogP contribution < -0.4 is 15.2 Å². The predicted octanol–water partition coefficient (Wildman–Crippen LogP) is 3.64. The summed E-state index contributed by atoms with van der Waals surface area (Å²) in [6.07, 6.45) is 5.20. The van der Waals surface area contributed by atoms with Crippen molar-refractivity contribution in [2.45, 2.75) is 58.0 Å². The maximum Gasteiger partial charge on any atom is 0.254 e. The second-order valence-corrected chi connectivity index (χ2v) is 6.49. The van der Waals surface area contributed by atoms with E-state index in [9.17, 15) is 4.79 Å². The van der Waals surface area contributed by atoms with Crippen molar-refractivity contribution >= 4 is 18.3 Å². The van der Waals surface area contributed by atoms with E-state index in [-0.39, 0.29) is 30.4 Å². The van der Waals surface area contributed by atoms with Crippen LogP contribution in [0.2, 0.25) is 0 Å². The van der Waals surface area contributed by atoms with Crippen LogP contribution in [-0.2, 0) is 0 Å². The highest BCUT2D eigenvalue weighted by atomic mass is 35.5. The average Bonchev–Trinajstić information content (AvgIpc) is 2.61. The van der Waals surface area contributed by atoms with Crippen LogP contribution in [0.3, 0.4) is 0 Å². The van der Waals surface area contributed by atoms with Gasteiger partial charge >= 0.3 is 0 Å². The summed E-state index contributed by atoms with van der Waals surface area (Å²) in [6, 6.07) is 5.51. The van der Waals surface area contributed by atoms with Gasteiger partial charge < -0.3 is 20.1 Å². The monoisotopic (exact) mass is 370 g/mol. The zero-order valence-electron chi connectivity index (χ0n) is 15.5. The maximum absolute atomic E-state index is 12.9. The first-order chi connectivity index (χ1) is 11.6. The number of piperidine rings is 1. The normalized spacial score (nSPS) is 18.2. The Morgan fingerprint density at radius 2 is 2.12 bits per heavy atom. The second kappa shape index (κ2) is 10.5. The molecule has 0 radical (unpaired) electrons. The first kappa shape index (κ1) is 21.6. The average molecular weight is 371 g/mol. The lowest BCUT2D eigenvalue weighted by Crippen LogP contribution is -2.51. The molecule has 1 fully saturated rings. The predicted molar refractivity (Wildman–Crippen MR) is 103 cm³/mol. The number of hydrogen-bond acceptors (Lipinski definition) is 4. The number of likely N-dealkylation sites (tertiary alicyclic amines) is 1. The third-order valence-corrected chi connectivity index (χ3v) is 4.58. The van der Waals surface area contributed by atoms with Crippen molar-refractivity contribution in [1.29, 1.82) is 0 Å². The summed E-state index contributed by atoms with van der Waals surface area (Å²) in [5.74, 6) is 1.31. The number of nitrogens with two attached hydrogens (primary N) is 1. The van der Waals surface area contributed by atoms with E-state index in [0.29, 0.717) is 23.7 Å². The number of unbranched alkanes of at least 4 members (excludes halogenated alkanes) is 1. The molecule has 6 heteroatoms. The summed E-state index contributed by atoms with van der Waals surface area (Å²) in [6.45, 7) is 5.51. The molecule has 0 spiro atoms. The summed E-state index contributed by atoms with van der Waals surface area (Å²) in [5, 5.41) is 0. The number of rotatable bonds is 7. The van der Waals surface area contributed by atoms with Crippen LogP contribution in [0.5, 0.6) is 11.5 Å². The SMILES string of the molecule is CCCCOc1ccc(C(=O)N2CCCCC2C(C)N)cc1OC.Cl. The number of amides is 1. The lowest BCUT2D eigenvalue weighted by Gasteiger charge is -2.38. The minimum Gasteiger partial charge on any atom is -0.493 e. The van der Waals surface area contributed by atoms with E-state index in [1.54, 1.807) is 13.2 Å². The zero-order chi connectivity index (χ0) is 17.5. The van der Waals surface area contributed by atoms with Crippen LogP contribution in [0.1, 0.15) is 56.3 Å². The fourth-order valence-corrected chi connectivity index (χ4v) is 3.17. The smallest absolute Gasteiger partial charge is 0.254 e. The van der Waals surface area contributed by atoms with E-state index < -0.39 is 0 Å². The second-order valence-electron chi connectivity index (χ2n) is 6.49. The first-order valence-corrected chi connectivity index (χ1v) is 8.95. The number of methoxy groups -OCH3 is 1. The van der Waals surface area contributed by atoms with Gasteiger partial charge in [0.1, 0.15) is 0 Å². The molecule has 1 aromatic carbocycles. The van der Waals surface area contributed by atoms with E-state index in [4.69, 9.17) is 15.2 Å². The Labute approximate surface area is 157 Å². The Morgan fingerprint density at radius 1 is 1.36 bits per heavy atom. The molecule has 1 aliphatic heterocycles. The van der Waals surface area contributed by atoms with Gasteiger partial charge in [-0.05, 0) is 50.8 Å². The maximum atomic E-state index is 12.9. The molecule has 2 atom stereocenters. The zero-order valence-corrected chi connectivity index (χ0v) is 16.3. The quantitative estimate of drug-likeness (QED) is 0.744. The van der Waals surface area contributed by atoms with Crippen LogP contribution in [0.25, 0.3) is 0 Å². The molecule has 1 saturated heterocycles. The molecule has 1 heterocycles. The lowest BCUT2D eigenvalue weighted by molar-refractivity contribution is 0.0583. The van der Waals surface area contributed by atoms with Crippen molar-refractivity contribution in [3.8, 4) is 11.5 Å². The van der Waals surface area contributed by atoms with Crippen molar-refractivity contribution in [3.05, 3.63) is 23.8 Å². The summed E-state index contributed by atoms with van der Waals surface area (Å²) in [5.41, 5.74) is 6.71. The van der Waals surface area contributed by atoms with Crippen LogP contribution >= 0.6 is 12.4 Å². The Kier molecular flexibility index (Phi) is 9.08. The number of halogens is 1. The van der Waals surface area contributed by atoms with Gasteiger partial charge in [0.05, 0.1) is 13.7 Å². The fourth-order valence-electron chi connectivity index (χ4n) is 3.17. The van der Waals surface area contributed by atoms with Gasteiger partial charge in [-0.2, -0.15) is 0 Å². The molecule has 25 heavy (non-hydrogen) atoms. The number of carbonyl (C=O) groups excluding carboxylic acids is 1. The first-order valence-electron chi connectivity index (χ1n) is 8.95. The number of hydrogen-bond donors (Lipinski definition) is 1. The van der Waals surface area contributed by atoms with E-state index in [1.165, 1.54) is 0 Å². The third-order valence-electron chi connectivity index (χ3n) is 4.58. The van der Waals surface area contributed by atoms with Crippen molar-refractivity contribution in [2.75, 3.05) is 20.3 Å². The van der Waals surface area contributed by atoms with Crippen LogP contribution in [0.4, 0.5) is 0 Å². The van der Waals surface area contributed by atoms with Crippen LogP contribution in [0, 0.1) is 0 Å². The lowest BCUT2D eigenvalue weighted by atomic mass is 9.96. The van der Waals surface area contributed by atoms with E-state index in [1.807, 2.05) is 24.0 Å². The van der Waals surface area contributed by atoms with Crippen LogP contribution in [-0.4, -0.2) is 43.2 Å². The van der Waals surface area contributed by atoms with Crippen molar-refractivity contribution < 1.29 is 14.3 Å². The van der Waals surface area contributed by atoms with Crippen molar-refractivity contribution in [1.82, 2.24) is 4.90 Å². The number of ether oxygens (including phenoxy) is 2. The molecule has 0 aromatic heterocycles. The highest BCUT2D eigenvalue weighted by molar-refractivity contribution is 5.95. The van der Waals surface area contributed by atoms with Crippen molar-refractivity contribution in [3.63, 3.8) is 0 Å². The molecule has 0 saturated carbocycles. The van der Waals surface area contributed by atoms with Crippen LogP contribution in [0.15, 0.2) is 18.2 Å². The molecular weight excluding hydrogens is 340 g/mol. The molecule has 1 aromatic rings. The van der Waals surface area contributed by atoms with Gasteiger partial charge in [-0.15, -0.1) is 12.4 Å². The molecule has 1 amide bonds. The minimum absolute atomic E-state index is 0. The van der Waals surface area contributed by atoms with Gasteiger partial charge in [0.2, 0.25) is 0 Å². The molecule has 0 aliphatic carbocycles. The standard InChI is InChI=1S/C19H30N2O3.ClH/c1-4-5-12-24-17-10-9-15(13-18(17)23-3)19(22)21-11-7-6-8-16(21)14(2)20;/h9-10,13-14,16H,4-8,11-12,20H2,1-3H3;1H. The molecule has 0 bridgehead atoms. The van der Waals surface area contributed by atoms with Gasteiger partial charge in [0, 0.05) is 24.2 Å². The molecule has 5 nitrogen and oxygen atoms in total. The van der Waals surface area contributed by atoms with E-state index in [2.05, 4.69) is 6.92 Å². The van der Waals surface area contributed by atoms with Crippen molar-refractivity contribution in [2.24, 2.45) is 5.73 Å². The van der Waals surface area contributed by atoms with Gasteiger partial charge in [-0.1, -0.05) is 13.3 Å². The molecule has 2 rings (SSSR count). The Balaban J connectivity index is 0.00000312. The van der Waals surface area contributed by atoms with E-state index >= 15 is 0 Å². The molecule has 2 N–H and O–H groups in total. The molecule has 2 unspecified atom stereocenters. The van der Waals surface area contributed by atoms with Gasteiger partial charge in [0.25, 0.3) is 5.91 Å². The molecular formula is C19H31ClN2O3. The summed E-state index contributed by atoms with van der Waals surface area (Å²) in [7, 11) is 1.60. The third kappa shape index (κ3) is 5.51. The molecule has 1 aliphatic rings. The summed E-state index contributed by atoms with van der Waals surface area (Å²) >= 11 is 0. The topological polar surface area (TPSA) is 64.8 Å². The Morgan fingerprint density at radius 3 is 2.76 bits per heavy atom. The Hall–Kier alpha value is -1.46. The molecule has 142 valence electrons. The number of benzene rings is 1. The van der Waals surface area contributed by atoms with Gasteiger partial charge in [0.15, 0.2) is 11.5 Å². The van der Waals surface area contributed by atoms with Gasteiger partial charge in [-0.3, -0.25) is 4.79 Å². The number of nitrogens with zero attached hydrogens (tertiary/aromatic N) is 1. The summed E-state index contributed by atoms with van der Waals surface area (Å²) in [4.78, 5) is 14.8. The highest BCUT2D eigenvalue weighted by Gasteiger charge is 2.30. The van der Waals surface area contributed by atoms with Gasteiger partial charge in [-0.25, -0.2) is 0 Å². The fraction of sp³-hybridized carbons (Fsp3) is 0.632. The summed E-state index contributed by atoms with van der Waals surface area (Å²) < 4.78 is 11.1. The largest absolute Gasteiger partial charge is 0.493 e. The van der Waals surface area contributed by atoms with E-state index in [0.717, 1.165) is 38.6 Å². The highest BCUT2D eigenvalue weighted by Crippen LogP contribution is 2.30. The number of carbonyl (C=O) groups is 1. The Bertz CT molecular complexity index is 551.